The molecule has 3 rings (SSSR count). The number of aromatic nitrogens is 3. The average Bonchev–Trinajstić information content (AvgIpc) is 3.02. The van der Waals surface area contributed by atoms with E-state index < -0.39 is 24.5 Å². The highest BCUT2D eigenvalue weighted by molar-refractivity contribution is 5.86. The summed E-state index contributed by atoms with van der Waals surface area (Å²) in [6.45, 7) is -0.301. The number of carbonyl (C=O) groups is 1. The van der Waals surface area contributed by atoms with E-state index in [0.29, 0.717) is 37.4 Å². The standard InChI is InChI=1S/C14H17F3N6O/c15-14(16,17)7-19-13(24)9-2-1-5-23(6-9)22-12-10-3-4-18-11(10)20-8-21-12/h3-4,8-9H,1-2,5-7H2,(H,19,24)(H2,18,20,21,22)/t9-/m1/s1. The van der Waals surface area contributed by atoms with Crippen molar-refractivity contribution >= 4 is 22.8 Å². The molecule has 7 nitrogen and oxygen atoms in total. The number of halogens is 3. The maximum atomic E-state index is 12.2. The maximum Gasteiger partial charge on any atom is 0.405 e. The van der Waals surface area contributed by atoms with Crippen molar-refractivity contribution in [1.29, 1.82) is 0 Å². The summed E-state index contributed by atoms with van der Waals surface area (Å²) in [5.74, 6) is -0.469. The Morgan fingerprint density at radius 2 is 2.25 bits per heavy atom. The van der Waals surface area contributed by atoms with Crippen molar-refractivity contribution < 1.29 is 18.0 Å². The van der Waals surface area contributed by atoms with Crippen LogP contribution in [0.15, 0.2) is 18.6 Å². The number of nitrogens with zero attached hydrogens (tertiary/aromatic N) is 3. The Labute approximate surface area is 135 Å². The van der Waals surface area contributed by atoms with Gasteiger partial charge >= 0.3 is 6.18 Å². The zero-order chi connectivity index (χ0) is 17.2. The molecule has 0 spiro atoms. The Morgan fingerprint density at radius 1 is 1.42 bits per heavy atom. The number of hydrogen-bond donors (Lipinski definition) is 3. The summed E-state index contributed by atoms with van der Waals surface area (Å²) in [5.41, 5.74) is 3.81. The van der Waals surface area contributed by atoms with Gasteiger partial charge in [-0.2, -0.15) is 13.2 Å². The zero-order valence-corrected chi connectivity index (χ0v) is 12.7. The minimum Gasteiger partial charge on any atom is -0.347 e. The lowest BCUT2D eigenvalue weighted by Crippen LogP contribution is -2.46. The molecule has 0 unspecified atom stereocenters. The van der Waals surface area contributed by atoms with E-state index in [4.69, 9.17) is 0 Å². The Morgan fingerprint density at radius 3 is 3.04 bits per heavy atom. The van der Waals surface area contributed by atoms with E-state index in [2.05, 4.69) is 20.4 Å². The van der Waals surface area contributed by atoms with E-state index in [1.54, 1.807) is 11.2 Å². The number of piperidine rings is 1. The molecule has 0 bridgehead atoms. The fraction of sp³-hybridized carbons (Fsp3) is 0.500. The van der Waals surface area contributed by atoms with Crippen LogP contribution in [0.2, 0.25) is 0 Å². The monoisotopic (exact) mass is 342 g/mol. The molecule has 1 atom stereocenters. The molecule has 3 heterocycles. The van der Waals surface area contributed by atoms with Gasteiger partial charge < -0.3 is 15.7 Å². The first-order valence-electron chi connectivity index (χ1n) is 7.56. The van der Waals surface area contributed by atoms with E-state index in [1.165, 1.54) is 6.33 Å². The number of hydrazine groups is 1. The number of amides is 1. The molecule has 1 saturated heterocycles. The lowest BCUT2D eigenvalue weighted by molar-refractivity contribution is -0.141. The largest absolute Gasteiger partial charge is 0.405 e. The van der Waals surface area contributed by atoms with E-state index >= 15 is 0 Å². The van der Waals surface area contributed by atoms with Gasteiger partial charge in [-0.1, -0.05) is 0 Å². The first kappa shape index (κ1) is 16.5. The fourth-order valence-corrected chi connectivity index (χ4v) is 2.74. The van der Waals surface area contributed by atoms with Crippen LogP contribution in [0.1, 0.15) is 12.8 Å². The molecule has 2 aromatic heterocycles. The third-order valence-corrected chi connectivity index (χ3v) is 3.87. The Kier molecular flexibility index (Phi) is 4.56. The van der Waals surface area contributed by atoms with Gasteiger partial charge in [0.1, 0.15) is 18.5 Å². The number of fused-ring (bicyclic) bond motifs is 1. The summed E-state index contributed by atoms with van der Waals surface area (Å²) >= 11 is 0. The number of rotatable bonds is 4. The third-order valence-electron chi connectivity index (χ3n) is 3.87. The first-order chi connectivity index (χ1) is 11.4. The van der Waals surface area contributed by atoms with Crippen molar-refractivity contribution in [1.82, 2.24) is 25.3 Å². The molecule has 1 aliphatic heterocycles. The summed E-state index contributed by atoms with van der Waals surface area (Å²) in [7, 11) is 0. The van der Waals surface area contributed by atoms with Gasteiger partial charge in [0.25, 0.3) is 0 Å². The van der Waals surface area contributed by atoms with E-state index in [-0.39, 0.29) is 0 Å². The Balaban J connectivity index is 1.61. The van der Waals surface area contributed by atoms with Gasteiger partial charge in [-0.3, -0.25) is 4.79 Å². The van der Waals surface area contributed by atoms with Crippen LogP contribution in [0.3, 0.4) is 0 Å². The molecule has 130 valence electrons. The lowest BCUT2D eigenvalue weighted by Gasteiger charge is -2.32. The van der Waals surface area contributed by atoms with Crippen LogP contribution >= 0.6 is 0 Å². The molecule has 0 saturated carbocycles. The van der Waals surface area contributed by atoms with Gasteiger partial charge in [0.05, 0.1) is 11.3 Å². The predicted molar refractivity (Wildman–Crippen MR) is 80.9 cm³/mol. The highest BCUT2D eigenvalue weighted by Gasteiger charge is 2.31. The van der Waals surface area contributed by atoms with Crippen molar-refractivity contribution in [3.63, 3.8) is 0 Å². The predicted octanol–water partition coefficient (Wildman–Crippen LogP) is 1.68. The highest BCUT2D eigenvalue weighted by Crippen LogP contribution is 2.22. The van der Waals surface area contributed by atoms with Crippen LogP contribution in [-0.4, -0.2) is 51.7 Å². The highest BCUT2D eigenvalue weighted by atomic mass is 19.4. The minimum absolute atomic E-state index is 0.319. The summed E-state index contributed by atoms with van der Waals surface area (Å²) in [5, 5.41) is 4.56. The van der Waals surface area contributed by atoms with E-state index in [9.17, 15) is 18.0 Å². The van der Waals surface area contributed by atoms with Gasteiger partial charge in [-0.05, 0) is 18.9 Å². The summed E-state index contributed by atoms with van der Waals surface area (Å²) in [4.78, 5) is 23.2. The summed E-state index contributed by atoms with van der Waals surface area (Å²) in [6.07, 6.45) is 0.0273. The van der Waals surface area contributed by atoms with Gasteiger partial charge in [0.15, 0.2) is 5.82 Å². The number of H-pyrrole nitrogens is 1. The van der Waals surface area contributed by atoms with E-state index in [1.807, 2.05) is 11.4 Å². The number of carbonyl (C=O) groups excluding carboxylic acids is 1. The maximum absolute atomic E-state index is 12.2. The molecular weight excluding hydrogens is 325 g/mol. The summed E-state index contributed by atoms with van der Waals surface area (Å²) < 4.78 is 36.6. The van der Waals surface area contributed by atoms with Gasteiger partial charge in [-0.15, -0.1) is 0 Å². The fourth-order valence-electron chi connectivity index (χ4n) is 2.74. The summed E-state index contributed by atoms with van der Waals surface area (Å²) in [6, 6.07) is 1.83. The molecule has 0 aliphatic carbocycles. The second-order valence-electron chi connectivity index (χ2n) is 5.69. The van der Waals surface area contributed by atoms with Crippen LogP contribution in [0.5, 0.6) is 0 Å². The molecule has 2 aromatic rings. The van der Waals surface area contributed by atoms with Gasteiger partial charge in [0.2, 0.25) is 5.91 Å². The van der Waals surface area contributed by atoms with Crippen molar-refractivity contribution in [3.05, 3.63) is 18.6 Å². The Hall–Kier alpha value is -2.36. The molecule has 1 amide bonds. The number of anilines is 1. The van der Waals surface area contributed by atoms with Crippen molar-refractivity contribution in [2.75, 3.05) is 25.1 Å². The van der Waals surface area contributed by atoms with Crippen molar-refractivity contribution in [2.45, 2.75) is 19.0 Å². The minimum atomic E-state index is -4.40. The zero-order valence-electron chi connectivity index (χ0n) is 12.7. The van der Waals surface area contributed by atoms with Crippen molar-refractivity contribution in [2.24, 2.45) is 5.92 Å². The SMILES string of the molecule is O=C(NCC(F)(F)F)[C@@H]1CCCN(Nc2ncnc3[nH]ccc23)C1. The number of hydrogen-bond acceptors (Lipinski definition) is 5. The molecule has 1 fully saturated rings. The number of aromatic amines is 1. The van der Waals surface area contributed by atoms with Crippen molar-refractivity contribution in [3.8, 4) is 0 Å². The quantitative estimate of drug-likeness (QED) is 0.787. The van der Waals surface area contributed by atoms with Gasteiger partial charge in [-0.25, -0.2) is 15.0 Å². The smallest absolute Gasteiger partial charge is 0.347 e. The topological polar surface area (TPSA) is 85.9 Å². The molecule has 0 aromatic carbocycles. The van der Waals surface area contributed by atoms with Gasteiger partial charge in [0, 0.05) is 19.3 Å². The average molecular weight is 342 g/mol. The molecule has 1 aliphatic rings. The molecule has 3 N–H and O–H groups in total. The second-order valence-corrected chi connectivity index (χ2v) is 5.69. The number of nitrogens with one attached hydrogen (secondary N) is 3. The molecule has 24 heavy (non-hydrogen) atoms. The molecule has 0 radical (unpaired) electrons. The number of alkyl halides is 3. The molecule has 10 heteroatoms. The Bertz CT molecular complexity index is 716. The van der Waals surface area contributed by atoms with Crippen LogP contribution in [0.25, 0.3) is 11.0 Å². The normalized spacial score (nSPS) is 19.4. The van der Waals surface area contributed by atoms with Crippen LogP contribution in [0.4, 0.5) is 19.0 Å². The third kappa shape index (κ3) is 3.94. The van der Waals surface area contributed by atoms with Crippen LogP contribution in [-0.2, 0) is 4.79 Å². The van der Waals surface area contributed by atoms with E-state index in [0.717, 1.165) is 5.39 Å². The lowest BCUT2D eigenvalue weighted by atomic mass is 9.98. The first-order valence-corrected chi connectivity index (χ1v) is 7.56. The van der Waals surface area contributed by atoms with Crippen LogP contribution < -0.4 is 10.7 Å². The van der Waals surface area contributed by atoms with Crippen LogP contribution in [0, 0.1) is 5.92 Å². The second kappa shape index (κ2) is 6.63. The molecular formula is C14H17F3N6O.